The molecule has 2 N–H and O–H groups in total. The lowest BCUT2D eigenvalue weighted by Crippen LogP contribution is -2.47. The molecule has 1 fully saturated rings. The van der Waals surface area contributed by atoms with Gasteiger partial charge in [0.05, 0.1) is 6.61 Å². The highest BCUT2D eigenvalue weighted by atomic mass is 16.3. The van der Waals surface area contributed by atoms with E-state index in [2.05, 4.69) is 26.1 Å². The maximum atomic E-state index is 9.43. The van der Waals surface area contributed by atoms with Gasteiger partial charge in [-0.15, -0.1) is 0 Å². The van der Waals surface area contributed by atoms with Crippen molar-refractivity contribution in [2.75, 3.05) is 13.2 Å². The van der Waals surface area contributed by atoms with Crippen molar-refractivity contribution >= 4 is 0 Å². The number of hydrogen-bond donors (Lipinski definition) is 2. The van der Waals surface area contributed by atoms with Crippen molar-refractivity contribution in [3.05, 3.63) is 0 Å². The van der Waals surface area contributed by atoms with Crippen LogP contribution in [0.2, 0.25) is 0 Å². The molecule has 1 saturated carbocycles. The van der Waals surface area contributed by atoms with Crippen LogP contribution in [-0.2, 0) is 0 Å². The Morgan fingerprint density at radius 1 is 1.25 bits per heavy atom. The van der Waals surface area contributed by atoms with Crippen molar-refractivity contribution in [1.29, 1.82) is 0 Å². The Kier molecular flexibility index (Phi) is 5.77. The van der Waals surface area contributed by atoms with Crippen molar-refractivity contribution < 1.29 is 5.11 Å². The summed E-state index contributed by atoms with van der Waals surface area (Å²) in [4.78, 5) is 0. The predicted octanol–water partition coefficient (Wildman–Crippen LogP) is 2.95. The second kappa shape index (κ2) is 6.61. The highest BCUT2D eigenvalue weighted by Gasteiger charge is 2.24. The van der Waals surface area contributed by atoms with Crippen LogP contribution in [0.5, 0.6) is 0 Å². The number of aliphatic hydroxyl groups excluding tert-OH is 1. The average Bonchev–Trinajstić information content (AvgIpc) is 2.29. The third-order valence-electron chi connectivity index (χ3n) is 4.10. The summed E-state index contributed by atoms with van der Waals surface area (Å²) in [7, 11) is 0. The molecule has 0 saturated heterocycles. The van der Waals surface area contributed by atoms with E-state index in [4.69, 9.17) is 0 Å². The zero-order chi connectivity index (χ0) is 12.0. The van der Waals surface area contributed by atoms with Crippen molar-refractivity contribution in [2.24, 2.45) is 11.8 Å². The van der Waals surface area contributed by atoms with Crippen LogP contribution in [-0.4, -0.2) is 23.8 Å². The van der Waals surface area contributed by atoms with Crippen LogP contribution in [0.25, 0.3) is 0 Å². The summed E-state index contributed by atoms with van der Waals surface area (Å²) in [5.41, 5.74) is -0.0577. The molecule has 16 heavy (non-hydrogen) atoms. The van der Waals surface area contributed by atoms with Crippen LogP contribution in [0.15, 0.2) is 0 Å². The Hall–Kier alpha value is -0.0800. The van der Waals surface area contributed by atoms with Crippen molar-refractivity contribution in [3.8, 4) is 0 Å². The summed E-state index contributed by atoms with van der Waals surface area (Å²) in [6.07, 6.45) is 7.69. The monoisotopic (exact) mass is 227 g/mol. The first-order chi connectivity index (χ1) is 7.59. The van der Waals surface area contributed by atoms with Crippen LogP contribution in [0, 0.1) is 11.8 Å². The third kappa shape index (κ3) is 4.42. The molecule has 2 heteroatoms. The lowest BCUT2D eigenvalue weighted by molar-refractivity contribution is 0.152. The summed E-state index contributed by atoms with van der Waals surface area (Å²) in [6, 6.07) is 0. The minimum Gasteiger partial charge on any atom is -0.394 e. The molecule has 0 bridgehead atoms. The highest BCUT2D eigenvalue weighted by Crippen LogP contribution is 2.28. The number of hydrogen-bond acceptors (Lipinski definition) is 2. The summed E-state index contributed by atoms with van der Waals surface area (Å²) >= 11 is 0. The third-order valence-corrected chi connectivity index (χ3v) is 4.10. The maximum Gasteiger partial charge on any atom is 0.0610 e. The molecule has 0 spiro atoms. The fourth-order valence-electron chi connectivity index (χ4n) is 2.70. The van der Waals surface area contributed by atoms with Crippen molar-refractivity contribution in [3.63, 3.8) is 0 Å². The van der Waals surface area contributed by atoms with E-state index in [9.17, 15) is 5.11 Å². The van der Waals surface area contributed by atoms with Crippen LogP contribution >= 0.6 is 0 Å². The van der Waals surface area contributed by atoms with E-state index < -0.39 is 0 Å². The van der Waals surface area contributed by atoms with E-state index in [-0.39, 0.29) is 12.1 Å². The van der Waals surface area contributed by atoms with Crippen LogP contribution < -0.4 is 5.32 Å². The first-order valence-corrected chi connectivity index (χ1v) is 6.95. The summed E-state index contributed by atoms with van der Waals surface area (Å²) in [5, 5.41) is 13.0. The zero-order valence-electron chi connectivity index (χ0n) is 11.3. The van der Waals surface area contributed by atoms with Gasteiger partial charge in [0.1, 0.15) is 0 Å². The molecule has 0 radical (unpaired) electrons. The Bertz CT molecular complexity index is 187. The fraction of sp³-hybridized carbons (Fsp3) is 1.00. The van der Waals surface area contributed by atoms with Gasteiger partial charge in [-0.25, -0.2) is 0 Å². The normalized spacial score (nSPS) is 30.0. The smallest absolute Gasteiger partial charge is 0.0610 e. The lowest BCUT2D eigenvalue weighted by Gasteiger charge is -2.33. The van der Waals surface area contributed by atoms with E-state index in [1.54, 1.807) is 0 Å². The molecule has 0 amide bonds. The van der Waals surface area contributed by atoms with E-state index >= 15 is 0 Å². The molecule has 0 aromatic rings. The lowest BCUT2D eigenvalue weighted by atomic mass is 9.82. The van der Waals surface area contributed by atoms with Crippen LogP contribution in [0.3, 0.4) is 0 Å². The molecule has 1 unspecified atom stereocenters. The molecule has 0 aromatic heterocycles. The largest absolute Gasteiger partial charge is 0.394 e. The molecule has 1 rings (SSSR count). The van der Waals surface area contributed by atoms with Gasteiger partial charge in [-0.1, -0.05) is 33.1 Å². The Morgan fingerprint density at radius 2 is 1.88 bits per heavy atom. The van der Waals surface area contributed by atoms with E-state index in [0.717, 1.165) is 31.2 Å². The molecular formula is C14H29NO. The van der Waals surface area contributed by atoms with E-state index in [1.165, 1.54) is 25.7 Å². The molecule has 0 aromatic carbocycles. The average molecular weight is 227 g/mol. The molecule has 1 aliphatic carbocycles. The topological polar surface area (TPSA) is 32.3 Å². The number of aliphatic hydroxyl groups is 1. The molecule has 1 aliphatic rings. The molecule has 96 valence electrons. The van der Waals surface area contributed by atoms with Crippen LogP contribution in [0.4, 0.5) is 0 Å². The second-order valence-corrected chi connectivity index (χ2v) is 5.98. The van der Waals surface area contributed by atoms with Gasteiger partial charge in [0.2, 0.25) is 0 Å². The predicted molar refractivity (Wildman–Crippen MR) is 69.5 cm³/mol. The van der Waals surface area contributed by atoms with Gasteiger partial charge in [0.15, 0.2) is 0 Å². The van der Waals surface area contributed by atoms with Gasteiger partial charge in [-0.05, 0) is 44.6 Å². The number of nitrogens with one attached hydrogen (secondary N) is 1. The molecule has 0 heterocycles. The van der Waals surface area contributed by atoms with Gasteiger partial charge in [0.25, 0.3) is 0 Å². The standard InChI is InChI=1S/C14H29NO/c1-4-9-14(3,11-16)15-10-13-7-5-12(2)6-8-13/h12-13,15-16H,4-11H2,1-3H3. The highest BCUT2D eigenvalue weighted by molar-refractivity contribution is 4.83. The Morgan fingerprint density at radius 3 is 2.38 bits per heavy atom. The van der Waals surface area contributed by atoms with Gasteiger partial charge in [0, 0.05) is 5.54 Å². The summed E-state index contributed by atoms with van der Waals surface area (Å²) in [5.74, 6) is 1.76. The van der Waals surface area contributed by atoms with Crippen LogP contribution in [0.1, 0.15) is 59.3 Å². The maximum absolute atomic E-state index is 9.43. The quantitative estimate of drug-likeness (QED) is 0.731. The summed E-state index contributed by atoms with van der Waals surface area (Å²) in [6.45, 7) is 8.02. The second-order valence-electron chi connectivity index (χ2n) is 5.98. The SMILES string of the molecule is CCCC(C)(CO)NCC1CCC(C)CC1. The molecule has 0 aliphatic heterocycles. The van der Waals surface area contributed by atoms with E-state index in [0.29, 0.717) is 0 Å². The van der Waals surface area contributed by atoms with Gasteiger partial charge in [-0.3, -0.25) is 0 Å². The minimum atomic E-state index is -0.0577. The molecular weight excluding hydrogens is 198 g/mol. The Balaban J connectivity index is 2.27. The summed E-state index contributed by atoms with van der Waals surface area (Å²) < 4.78 is 0. The molecule has 1 atom stereocenters. The number of rotatable bonds is 6. The van der Waals surface area contributed by atoms with E-state index in [1.807, 2.05) is 0 Å². The first kappa shape index (κ1) is 14.0. The zero-order valence-corrected chi connectivity index (χ0v) is 11.3. The van der Waals surface area contributed by atoms with Crippen molar-refractivity contribution in [2.45, 2.75) is 64.8 Å². The first-order valence-electron chi connectivity index (χ1n) is 6.95. The fourth-order valence-corrected chi connectivity index (χ4v) is 2.70. The van der Waals surface area contributed by atoms with Gasteiger partial charge in [-0.2, -0.15) is 0 Å². The van der Waals surface area contributed by atoms with Crippen molar-refractivity contribution in [1.82, 2.24) is 5.32 Å². The molecule has 2 nitrogen and oxygen atoms in total. The minimum absolute atomic E-state index is 0.0577. The Labute approximate surface area is 101 Å². The van der Waals surface area contributed by atoms with Gasteiger partial charge >= 0.3 is 0 Å². The van der Waals surface area contributed by atoms with Gasteiger partial charge < -0.3 is 10.4 Å².